The Bertz CT molecular complexity index is 714. The lowest BCUT2D eigenvalue weighted by Crippen LogP contribution is -2.00. The maximum atomic E-state index is 4.64. The highest BCUT2D eigenvalue weighted by Crippen LogP contribution is 2.26. The number of hydrogen-bond acceptors (Lipinski definition) is 3. The van der Waals surface area contributed by atoms with Crippen LogP contribution in [-0.4, -0.2) is 14.5 Å². The quantitative estimate of drug-likeness (QED) is 0.720. The Morgan fingerprint density at radius 1 is 1.39 bits per heavy atom. The molecule has 0 saturated carbocycles. The first-order valence-electron chi connectivity index (χ1n) is 5.65. The van der Waals surface area contributed by atoms with Crippen molar-refractivity contribution in [2.24, 2.45) is 7.05 Å². The average Bonchev–Trinajstić information content (AvgIpc) is 2.86. The Kier molecular flexibility index (Phi) is 2.95. The van der Waals surface area contributed by atoms with Gasteiger partial charge < -0.3 is 4.57 Å². The minimum Gasteiger partial charge on any atom is -0.335 e. The molecule has 2 heterocycles. The molecule has 0 saturated heterocycles. The zero-order valence-corrected chi connectivity index (χ0v) is 12.5. The molecule has 0 aliphatic rings. The Morgan fingerprint density at radius 2 is 2.22 bits per heavy atom. The van der Waals surface area contributed by atoms with Gasteiger partial charge in [0, 0.05) is 23.4 Å². The van der Waals surface area contributed by atoms with Gasteiger partial charge in [0.2, 0.25) is 0 Å². The number of thiazole rings is 1. The molecule has 3 nitrogen and oxygen atoms in total. The Hall–Kier alpha value is -1.20. The first-order chi connectivity index (χ1) is 8.63. The van der Waals surface area contributed by atoms with Crippen LogP contribution in [0.25, 0.3) is 10.2 Å². The second kappa shape index (κ2) is 4.48. The van der Waals surface area contributed by atoms with Gasteiger partial charge in [-0.25, -0.2) is 9.97 Å². The molecule has 2 aromatic heterocycles. The monoisotopic (exact) mass is 321 g/mol. The normalized spacial score (nSPS) is 11.3. The molecule has 0 radical (unpaired) electrons. The molecule has 0 unspecified atom stereocenters. The smallest absolute Gasteiger partial charge is 0.115 e. The second-order valence-corrected chi connectivity index (χ2v) is 6.30. The summed E-state index contributed by atoms with van der Waals surface area (Å²) in [6.07, 6.45) is 2.69. The highest BCUT2D eigenvalue weighted by molar-refractivity contribution is 9.10. The standard InChI is InChI=1S/C13H12BrN3S/c1-8-7-15-12(17(8)2)6-13-16-10-4-3-9(14)5-11(10)18-13/h3-5,7H,6H2,1-2H3. The fourth-order valence-corrected chi connectivity index (χ4v) is 3.38. The van der Waals surface area contributed by atoms with Crippen LogP contribution in [0, 0.1) is 6.92 Å². The molecule has 1 aromatic carbocycles. The van der Waals surface area contributed by atoms with Gasteiger partial charge in [0.25, 0.3) is 0 Å². The molecule has 3 aromatic rings. The van der Waals surface area contributed by atoms with Crippen molar-refractivity contribution in [1.82, 2.24) is 14.5 Å². The van der Waals surface area contributed by atoms with E-state index in [1.807, 2.05) is 25.4 Å². The molecule has 0 aliphatic heterocycles. The summed E-state index contributed by atoms with van der Waals surface area (Å²) in [5, 5.41) is 1.11. The number of imidazole rings is 1. The lowest BCUT2D eigenvalue weighted by Gasteiger charge is -2.00. The molecule has 18 heavy (non-hydrogen) atoms. The number of rotatable bonds is 2. The van der Waals surface area contributed by atoms with Crippen molar-refractivity contribution in [2.45, 2.75) is 13.3 Å². The third-order valence-electron chi connectivity index (χ3n) is 3.02. The van der Waals surface area contributed by atoms with Gasteiger partial charge in [-0.1, -0.05) is 15.9 Å². The van der Waals surface area contributed by atoms with Crippen molar-refractivity contribution in [1.29, 1.82) is 0 Å². The van der Waals surface area contributed by atoms with Gasteiger partial charge in [-0.2, -0.15) is 0 Å². The van der Waals surface area contributed by atoms with Crippen LogP contribution in [0.5, 0.6) is 0 Å². The molecule has 0 N–H and O–H groups in total. The lowest BCUT2D eigenvalue weighted by atomic mass is 10.3. The summed E-state index contributed by atoms with van der Waals surface area (Å²) in [5.41, 5.74) is 2.23. The topological polar surface area (TPSA) is 30.7 Å². The van der Waals surface area contributed by atoms with Crippen LogP contribution in [0.4, 0.5) is 0 Å². The van der Waals surface area contributed by atoms with E-state index >= 15 is 0 Å². The van der Waals surface area contributed by atoms with Crippen LogP contribution in [-0.2, 0) is 13.5 Å². The van der Waals surface area contributed by atoms with Crippen molar-refractivity contribution in [3.8, 4) is 0 Å². The van der Waals surface area contributed by atoms with E-state index < -0.39 is 0 Å². The van der Waals surface area contributed by atoms with Gasteiger partial charge in [0.15, 0.2) is 0 Å². The average molecular weight is 322 g/mol. The van der Waals surface area contributed by atoms with Crippen molar-refractivity contribution in [3.63, 3.8) is 0 Å². The van der Waals surface area contributed by atoms with E-state index in [9.17, 15) is 0 Å². The van der Waals surface area contributed by atoms with Crippen LogP contribution in [0.3, 0.4) is 0 Å². The summed E-state index contributed by atoms with van der Waals surface area (Å²) in [5.74, 6) is 1.06. The summed E-state index contributed by atoms with van der Waals surface area (Å²) in [4.78, 5) is 9.06. The van der Waals surface area contributed by atoms with E-state index in [1.165, 1.54) is 10.4 Å². The van der Waals surface area contributed by atoms with E-state index in [4.69, 9.17) is 0 Å². The maximum Gasteiger partial charge on any atom is 0.115 e. The number of aryl methyl sites for hydroxylation is 1. The number of benzene rings is 1. The minimum atomic E-state index is 0.793. The zero-order chi connectivity index (χ0) is 12.7. The third-order valence-corrected chi connectivity index (χ3v) is 4.53. The van der Waals surface area contributed by atoms with Gasteiger partial charge in [-0.05, 0) is 25.1 Å². The SMILES string of the molecule is Cc1cnc(Cc2nc3ccc(Br)cc3s2)n1C. The number of nitrogens with zero attached hydrogens (tertiary/aromatic N) is 3. The first-order valence-corrected chi connectivity index (χ1v) is 7.26. The number of aromatic nitrogens is 3. The lowest BCUT2D eigenvalue weighted by molar-refractivity contribution is 0.796. The van der Waals surface area contributed by atoms with E-state index in [-0.39, 0.29) is 0 Å². The third kappa shape index (κ3) is 2.08. The molecule has 0 fully saturated rings. The van der Waals surface area contributed by atoms with E-state index in [2.05, 4.69) is 43.5 Å². The van der Waals surface area contributed by atoms with Crippen LogP contribution in [0.15, 0.2) is 28.9 Å². The van der Waals surface area contributed by atoms with E-state index in [0.717, 1.165) is 27.2 Å². The number of fused-ring (bicyclic) bond motifs is 1. The molecule has 0 atom stereocenters. The Morgan fingerprint density at radius 3 is 2.94 bits per heavy atom. The summed E-state index contributed by atoms with van der Waals surface area (Å²) >= 11 is 5.22. The van der Waals surface area contributed by atoms with Crippen molar-refractivity contribution in [3.05, 3.63) is 45.4 Å². The largest absolute Gasteiger partial charge is 0.335 e. The van der Waals surface area contributed by atoms with Crippen LogP contribution in [0.1, 0.15) is 16.5 Å². The number of hydrogen-bond donors (Lipinski definition) is 0. The first kappa shape index (κ1) is 11.9. The van der Waals surface area contributed by atoms with E-state index in [1.54, 1.807) is 11.3 Å². The van der Waals surface area contributed by atoms with E-state index in [0.29, 0.717) is 0 Å². The van der Waals surface area contributed by atoms with Crippen LogP contribution in [0.2, 0.25) is 0 Å². The molecule has 0 bridgehead atoms. The predicted octanol–water partition coefficient (Wildman–Crippen LogP) is 3.69. The highest BCUT2D eigenvalue weighted by Gasteiger charge is 2.09. The molecule has 0 spiro atoms. The van der Waals surface area contributed by atoms with Crippen molar-refractivity contribution in [2.75, 3.05) is 0 Å². The predicted molar refractivity (Wildman–Crippen MR) is 78.1 cm³/mol. The number of halogens is 1. The highest BCUT2D eigenvalue weighted by atomic mass is 79.9. The Balaban J connectivity index is 1.98. The maximum absolute atomic E-state index is 4.64. The molecule has 3 rings (SSSR count). The molecule has 5 heteroatoms. The van der Waals surface area contributed by atoms with Gasteiger partial charge >= 0.3 is 0 Å². The molecule has 0 aliphatic carbocycles. The minimum absolute atomic E-state index is 0.793. The second-order valence-electron chi connectivity index (χ2n) is 4.27. The zero-order valence-electron chi connectivity index (χ0n) is 10.1. The molecular weight excluding hydrogens is 310 g/mol. The van der Waals surface area contributed by atoms with Gasteiger partial charge in [-0.3, -0.25) is 0 Å². The van der Waals surface area contributed by atoms with Gasteiger partial charge in [-0.15, -0.1) is 11.3 Å². The fourth-order valence-electron chi connectivity index (χ4n) is 1.87. The summed E-state index contributed by atoms with van der Waals surface area (Å²) in [6.45, 7) is 2.06. The van der Waals surface area contributed by atoms with Crippen LogP contribution >= 0.6 is 27.3 Å². The molecule has 0 amide bonds. The van der Waals surface area contributed by atoms with Gasteiger partial charge in [0.05, 0.1) is 16.6 Å². The summed E-state index contributed by atoms with van der Waals surface area (Å²) < 4.78 is 4.42. The van der Waals surface area contributed by atoms with Crippen LogP contribution < -0.4 is 0 Å². The Labute approximate surface area is 118 Å². The van der Waals surface area contributed by atoms with Crippen molar-refractivity contribution >= 4 is 37.5 Å². The van der Waals surface area contributed by atoms with Crippen molar-refractivity contribution < 1.29 is 0 Å². The summed E-state index contributed by atoms with van der Waals surface area (Å²) in [7, 11) is 2.04. The molecule has 92 valence electrons. The fraction of sp³-hybridized carbons (Fsp3) is 0.231. The summed E-state index contributed by atoms with van der Waals surface area (Å²) in [6, 6.07) is 6.18. The molecular formula is C13H12BrN3S. The van der Waals surface area contributed by atoms with Gasteiger partial charge in [0.1, 0.15) is 10.8 Å².